The molecule has 6 nitrogen and oxygen atoms in total. The fourth-order valence-electron chi connectivity index (χ4n) is 3.69. The van der Waals surface area contributed by atoms with Gasteiger partial charge in [0.05, 0.1) is 29.2 Å². The summed E-state index contributed by atoms with van der Waals surface area (Å²) in [6.45, 7) is 0.244. The molecule has 2 aromatic carbocycles. The maximum absolute atomic E-state index is 13.0. The van der Waals surface area contributed by atoms with Crippen molar-refractivity contribution in [2.24, 2.45) is 7.05 Å². The number of nitrogens with one attached hydrogen (secondary N) is 1. The lowest BCUT2D eigenvalue weighted by atomic mass is 10.0. The molecular formula is C26H21F3N4O2. The van der Waals surface area contributed by atoms with Crippen molar-refractivity contribution < 1.29 is 22.8 Å². The number of anilines is 2. The number of rotatable bonds is 7. The highest BCUT2D eigenvalue weighted by atomic mass is 19.4. The molecule has 9 heteroatoms. The second-order valence-corrected chi connectivity index (χ2v) is 7.77. The molecular weight excluding hydrogens is 457 g/mol. The largest absolute Gasteiger partial charge is 0.416 e. The smallest absolute Gasteiger partial charge is 0.345 e. The van der Waals surface area contributed by atoms with E-state index in [-0.39, 0.29) is 12.5 Å². The van der Waals surface area contributed by atoms with E-state index in [1.807, 2.05) is 6.07 Å². The van der Waals surface area contributed by atoms with Gasteiger partial charge in [0.1, 0.15) is 5.69 Å². The molecule has 0 aliphatic rings. The maximum Gasteiger partial charge on any atom is 0.416 e. The van der Waals surface area contributed by atoms with Crippen LogP contribution in [0.5, 0.6) is 0 Å². The molecule has 2 heterocycles. The lowest BCUT2D eigenvalue weighted by molar-refractivity contribution is -0.137. The van der Waals surface area contributed by atoms with Crippen LogP contribution < -0.4 is 10.2 Å². The number of benzene rings is 2. The highest BCUT2D eigenvalue weighted by Crippen LogP contribution is 2.36. The molecule has 0 bridgehead atoms. The Morgan fingerprint density at radius 1 is 1.06 bits per heavy atom. The van der Waals surface area contributed by atoms with Gasteiger partial charge in [0.25, 0.3) is 5.91 Å². The summed E-state index contributed by atoms with van der Waals surface area (Å²) in [4.78, 5) is 30.4. The van der Waals surface area contributed by atoms with Crippen molar-refractivity contribution in [2.75, 3.05) is 4.90 Å². The number of alkyl halides is 3. The number of halogens is 3. The van der Waals surface area contributed by atoms with E-state index in [1.54, 1.807) is 66.5 Å². The quantitative estimate of drug-likeness (QED) is 0.365. The standard InChI is InChI=1S/C26H21F3N4O2/c1-32-16-21(14-24(32)25(35)31-15-20-6-4-5-13-30-20)33(17-34)23-8-3-2-7-22(23)18-9-11-19(12-10-18)26(27,28)29/h2-14,16-17H,15H2,1H3,(H,31,35). The van der Waals surface area contributed by atoms with E-state index < -0.39 is 11.7 Å². The molecule has 178 valence electrons. The zero-order valence-electron chi connectivity index (χ0n) is 18.7. The number of nitrogens with zero attached hydrogens (tertiary/aromatic N) is 3. The number of carbonyl (C=O) groups excluding carboxylic acids is 2. The van der Waals surface area contributed by atoms with Gasteiger partial charge >= 0.3 is 6.18 Å². The number of hydrogen-bond acceptors (Lipinski definition) is 3. The summed E-state index contributed by atoms with van der Waals surface area (Å²) in [6, 6.07) is 18.6. The zero-order valence-corrected chi connectivity index (χ0v) is 18.7. The number of para-hydroxylation sites is 1. The van der Waals surface area contributed by atoms with E-state index in [0.29, 0.717) is 40.3 Å². The second-order valence-electron chi connectivity index (χ2n) is 7.77. The molecule has 2 amide bonds. The van der Waals surface area contributed by atoms with E-state index in [4.69, 9.17) is 0 Å². The van der Waals surface area contributed by atoms with Gasteiger partial charge in [-0.05, 0) is 42.0 Å². The molecule has 0 radical (unpaired) electrons. The second kappa shape index (κ2) is 9.84. The van der Waals surface area contributed by atoms with E-state index >= 15 is 0 Å². The number of hydrogen-bond donors (Lipinski definition) is 1. The van der Waals surface area contributed by atoms with Crippen LogP contribution in [0.3, 0.4) is 0 Å². The van der Waals surface area contributed by atoms with Gasteiger partial charge in [-0.2, -0.15) is 13.2 Å². The van der Waals surface area contributed by atoms with Crippen molar-refractivity contribution in [3.63, 3.8) is 0 Å². The first-order valence-electron chi connectivity index (χ1n) is 10.6. The number of aromatic nitrogens is 2. The number of carbonyl (C=O) groups is 2. The Hall–Kier alpha value is -4.40. The molecule has 0 aliphatic heterocycles. The lowest BCUT2D eigenvalue weighted by Gasteiger charge is -2.20. The first-order chi connectivity index (χ1) is 16.8. The van der Waals surface area contributed by atoms with Crippen molar-refractivity contribution in [1.29, 1.82) is 0 Å². The molecule has 0 aliphatic carbocycles. The van der Waals surface area contributed by atoms with Crippen LogP contribution in [0.2, 0.25) is 0 Å². The van der Waals surface area contributed by atoms with Crippen LogP contribution in [0.25, 0.3) is 11.1 Å². The van der Waals surface area contributed by atoms with Gasteiger partial charge in [0.15, 0.2) is 0 Å². The molecule has 2 aromatic heterocycles. The Bertz CT molecular complexity index is 1330. The Labute approximate surface area is 199 Å². The Morgan fingerprint density at radius 2 is 1.77 bits per heavy atom. The molecule has 4 aromatic rings. The zero-order chi connectivity index (χ0) is 25.0. The topological polar surface area (TPSA) is 67.2 Å². The van der Waals surface area contributed by atoms with Gasteiger partial charge in [-0.25, -0.2) is 0 Å². The molecule has 35 heavy (non-hydrogen) atoms. The predicted octanol–water partition coefficient (Wildman–Crippen LogP) is 5.33. The normalized spacial score (nSPS) is 11.2. The monoisotopic (exact) mass is 478 g/mol. The summed E-state index contributed by atoms with van der Waals surface area (Å²) in [6.07, 6.45) is -0.565. The van der Waals surface area contributed by atoms with Crippen LogP contribution in [0.4, 0.5) is 24.5 Å². The Morgan fingerprint density at radius 3 is 2.43 bits per heavy atom. The van der Waals surface area contributed by atoms with Gasteiger partial charge < -0.3 is 9.88 Å². The highest BCUT2D eigenvalue weighted by Gasteiger charge is 2.30. The minimum Gasteiger partial charge on any atom is -0.345 e. The van der Waals surface area contributed by atoms with Crippen LogP contribution in [0.15, 0.2) is 85.2 Å². The highest BCUT2D eigenvalue weighted by molar-refractivity contribution is 5.98. The molecule has 0 saturated heterocycles. The van der Waals surface area contributed by atoms with Crippen molar-refractivity contribution in [3.05, 3.63) is 102 Å². The summed E-state index contributed by atoms with van der Waals surface area (Å²) in [7, 11) is 1.68. The Kier molecular flexibility index (Phi) is 6.68. The third-order valence-electron chi connectivity index (χ3n) is 5.45. The van der Waals surface area contributed by atoms with Gasteiger partial charge in [0, 0.05) is 25.0 Å². The number of amides is 2. The summed E-state index contributed by atoms with van der Waals surface area (Å²) < 4.78 is 40.5. The van der Waals surface area contributed by atoms with Gasteiger partial charge in [-0.3, -0.25) is 19.5 Å². The van der Waals surface area contributed by atoms with Crippen molar-refractivity contribution in [3.8, 4) is 11.1 Å². The van der Waals surface area contributed by atoms with Crippen molar-refractivity contribution in [1.82, 2.24) is 14.9 Å². The predicted molar refractivity (Wildman–Crippen MR) is 126 cm³/mol. The molecule has 0 atom stereocenters. The average Bonchev–Trinajstić information content (AvgIpc) is 3.24. The summed E-state index contributed by atoms with van der Waals surface area (Å²) >= 11 is 0. The third kappa shape index (κ3) is 5.24. The summed E-state index contributed by atoms with van der Waals surface area (Å²) in [5.74, 6) is -0.341. The fraction of sp³-hybridized carbons (Fsp3) is 0.115. The molecule has 0 saturated carbocycles. The van der Waals surface area contributed by atoms with Crippen LogP contribution in [-0.4, -0.2) is 21.9 Å². The van der Waals surface area contributed by atoms with Crippen LogP contribution >= 0.6 is 0 Å². The minimum absolute atomic E-state index is 0.244. The number of pyridine rings is 1. The SMILES string of the molecule is Cn1cc(N(C=O)c2ccccc2-c2ccc(C(F)(F)F)cc2)cc1C(=O)NCc1ccccn1. The maximum atomic E-state index is 13.0. The summed E-state index contributed by atoms with van der Waals surface area (Å²) in [5.41, 5.74) is 2.27. The van der Waals surface area contributed by atoms with E-state index in [1.165, 1.54) is 17.0 Å². The summed E-state index contributed by atoms with van der Waals surface area (Å²) in [5, 5.41) is 2.80. The molecule has 4 rings (SSSR count). The van der Waals surface area contributed by atoms with E-state index in [9.17, 15) is 22.8 Å². The molecule has 0 fully saturated rings. The van der Waals surface area contributed by atoms with E-state index in [2.05, 4.69) is 10.3 Å². The van der Waals surface area contributed by atoms with Crippen LogP contribution in [-0.2, 0) is 24.6 Å². The first-order valence-corrected chi connectivity index (χ1v) is 10.6. The van der Waals surface area contributed by atoms with Crippen LogP contribution in [0, 0.1) is 0 Å². The van der Waals surface area contributed by atoms with Crippen LogP contribution in [0.1, 0.15) is 21.7 Å². The third-order valence-corrected chi connectivity index (χ3v) is 5.45. The van der Waals surface area contributed by atoms with Gasteiger partial charge in [-0.15, -0.1) is 0 Å². The van der Waals surface area contributed by atoms with Gasteiger partial charge in [-0.1, -0.05) is 36.4 Å². The first kappa shape index (κ1) is 23.7. The average molecular weight is 478 g/mol. The molecule has 1 N–H and O–H groups in total. The van der Waals surface area contributed by atoms with Crippen molar-refractivity contribution >= 4 is 23.7 Å². The van der Waals surface area contributed by atoms with Crippen molar-refractivity contribution in [2.45, 2.75) is 12.7 Å². The van der Waals surface area contributed by atoms with Gasteiger partial charge in [0.2, 0.25) is 6.41 Å². The lowest BCUT2D eigenvalue weighted by Crippen LogP contribution is -2.25. The molecule has 0 unspecified atom stereocenters. The number of aryl methyl sites for hydroxylation is 1. The fourth-order valence-corrected chi connectivity index (χ4v) is 3.69. The minimum atomic E-state index is -4.44. The Balaban J connectivity index is 1.62. The van der Waals surface area contributed by atoms with E-state index in [0.717, 1.165) is 12.1 Å². The molecule has 0 spiro atoms.